The Bertz CT molecular complexity index is 1280. The quantitative estimate of drug-likeness (QED) is 0.562. The third kappa shape index (κ3) is 2.54. The molecule has 28 heavy (non-hydrogen) atoms. The lowest BCUT2D eigenvalue weighted by atomic mass is 9.91. The van der Waals surface area contributed by atoms with Gasteiger partial charge in [-0.3, -0.25) is 9.59 Å². The van der Waals surface area contributed by atoms with Crippen molar-refractivity contribution in [1.29, 1.82) is 0 Å². The molecule has 2 N–H and O–H groups in total. The number of fused-ring (bicyclic) bond motifs is 4. The van der Waals surface area contributed by atoms with E-state index in [4.69, 9.17) is 0 Å². The summed E-state index contributed by atoms with van der Waals surface area (Å²) in [7, 11) is 1.68. The third-order valence-corrected chi connectivity index (χ3v) is 5.76. The summed E-state index contributed by atoms with van der Waals surface area (Å²) in [4.78, 5) is 29.1. The molecule has 2 aromatic carbocycles. The molecule has 1 aliphatic carbocycles. The third-order valence-electron chi connectivity index (χ3n) is 5.76. The number of pyridine rings is 1. The zero-order valence-corrected chi connectivity index (χ0v) is 15.7. The predicted octanol–water partition coefficient (Wildman–Crippen LogP) is 3.83. The minimum absolute atomic E-state index is 0.0559. The van der Waals surface area contributed by atoms with E-state index in [-0.39, 0.29) is 17.5 Å². The van der Waals surface area contributed by atoms with Gasteiger partial charge in [0, 0.05) is 40.6 Å². The molecule has 1 amide bonds. The number of hydrogen-bond donors (Lipinski definition) is 2. The maximum Gasteiger partial charge on any atom is 0.258 e. The lowest BCUT2D eigenvalue weighted by molar-refractivity contribution is 0.0933. The normalized spacial score (nSPS) is 16.2. The standard InChI is InChI=1S/C23H21N3O2/c1-26-13-18(14-7-2-3-9-17(14)23(26)28)22(27)25-20-12-6-10-16-15-8-4-5-11-19(15)24-21(16)20/h2-5,7-9,11,13,20,24H,6,10,12H2,1H3,(H,25,27)/t20-/m0/s1. The van der Waals surface area contributed by atoms with Crippen molar-refractivity contribution in [2.24, 2.45) is 7.05 Å². The van der Waals surface area contributed by atoms with Crippen molar-refractivity contribution in [3.05, 3.63) is 81.9 Å². The molecule has 1 aliphatic rings. The largest absolute Gasteiger partial charge is 0.356 e. The highest BCUT2D eigenvalue weighted by Gasteiger charge is 2.26. The molecule has 1 atom stereocenters. The number of hydrogen-bond acceptors (Lipinski definition) is 2. The fourth-order valence-electron chi connectivity index (χ4n) is 4.39. The van der Waals surface area contributed by atoms with Crippen LogP contribution >= 0.6 is 0 Å². The Balaban J connectivity index is 1.55. The fourth-order valence-corrected chi connectivity index (χ4v) is 4.39. The fraction of sp³-hybridized carbons (Fsp3) is 0.217. The van der Waals surface area contributed by atoms with Gasteiger partial charge in [0.05, 0.1) is 11.6 Å². The van der Waals surface area contributed by atoms with E-state index in [1.807, 2.05) is 24.3 Å². The number of aryl methyl sites for hydroxylation is 2. The zero-order chi connectivity index (χ0) is 19.3. The van der Waals surface area contributed by atoms with Crippen LogP contribution in [0, 0.1) is 0 Å². The molecule has 5 heteroatoms. The number of para-hydroxylation sites is 1. The van der Waals surface area contributed by atoms with Gasteiger partial charge in [-0.2, -0.15) is 0 Å². The van der Waals surface area contributed by atoms with Crippen molar-refractivity contribution in [1.82, 2.24) is 14.9 Å². The van der Waals surface area contributed by atoms with Crippen molar-refractivity contribution in [3.63, 3.8) is 0 Å². The lowest BCUT2D eigenvalue weighted by Crippen LogP contribution is -2.32. The van der Waals surface area contributed by atoms with Crippen molar-refractivity contribution in [2.45, 2.75) is 25.3 Å². The van der Waals surface area contributed by atoms with Crippen molar-refractivity contribution in [2.75, 3.05) is 0 Å². The van der Waals surface area contributed by atoms with E-state index in [0.29, 0.717) is 16.3 Å². The van der Waals surface area contributed by atoms with Gasteiger partial charge < -0.3 is 14.9 Å². The molecular formula is C23H21N3O2. The Morgan fingerprint density at radius 3 is 2.61 bits per heavy atom. The van der Waals surface area contributed by atoms with Crippen LogP contribution in [-0.4, -0.2) is 15.5 Å². The molecule has 0 radical (unpaired) electrons. The number of rotatable bonds is 2. The summed E-state index contributed by atoms with van der Waals surface area (Å²) in [6, 6.07) is 15.5. The van der Waals surface area contributed by atoms with Crippen LogP contribution in [0.1, 0.15) is 40.5 Å². The second-order valence-corrected chi connectivity index (χ2v) is 7.49. The number of nitrogens with one attached hydrogen (secondary N) is 2. The van der Waals surface area contributed by atoms with E-state index < -0.39 is 0 Å². The Morgan fingerprint density at radius 2 is 1.79 bits per heavy atom. The predicted molar refractivity (Wildman–Crippen MR) is 111 cm³/mol. The van der Waals surface area contributed by atoms with E-state index in [2.05, 4.69) is 28.5 Å². The van der Waals surface area contributed by atoms with Crippen LogP contribution in [0.3, 0.4) is 0 Å². The van der Waals surface area contributed by atoms with Crippen LogP contribution < -0.4 is 10.9 Å². The van der Waals surface area contributed by atoms with Gasteiger partial charge in [0.15, 0.2) is 0 Å². The average molecular weight is 371 g/mol. The van der Waals surface area contributed by atoms with Crippen LogP contribution in [-0.2, 0) is 13.5 Å². The smallest absolute Gasteiger partial charge is 0.258 e. The number of aromatic amines is 1. The van der Waals surface area contributed by atoms with E-state index in [9.17, 15) is 9.59 Å². The lowest BCUT2D eigenvalue weighted by Gasteiger charge is -2.24. The molecule has 0 bridgehead atoms. The molecule has 2 heterocycles. The number of amides is 1. The van der Waals surface area contributed by atoms with Gasteiger partial charge in [-0.05, 0) is 37.0 Å². The number of carbonyl (C=O) groups is 1. The monoisotopic (exact) mass is 371 g/mol. The van der Waals surface area contributed by atoms with Crippen LogP contribution in [0.5, 0.6) is 0 Å². The Kier molecular flexibility index (Phi) is 3.83. The first kappa shape index (κ1) is 16.8. The highest BCUT2D eigenvalue weighted by atomic mass is 16.2. The summed E-state index contributed by atoms with van der Waals surface area (Å²) in [5, 5.41) is 5.70. The molecule has 5 rings (SSSR count). The molecule has 5 nitrogen and oxygen atoms in total. The molecule has 140 valence electrons. The van der Waals surface area contributed by atoms with Gasteiger partial charge in [-0.15, -0.1) is 0 Å². The molecule has 0 spiro atoms. The average Bonchev–Trinajstić information content (AvgIpc) is 3.10. The summed E-state index contributed by atoms with van der Waals surface area (Å²) in [5.74, 6) is -0.150. The second kappa shape index (κ2) is 6.37. The van der Waals surface area contributed by atoms with Gasteiger partial charge in [-0.25, -0.2) is 0 Å². The first-order valence-electron chi connectivity index (χ1n) is 9.62. The Labute approximate surface area is 162 Å². The second-order valence-electron chi connectivity index (χ2n) is 7.49. The van der Waals surface area contributed by atoms with Crippen molar-refractivity contribution < 1.29 is 4.79 Å². The van der Waals surface area contributed by atoms with Gasteiger partial charge in [0.25, 0.3) is 11.5 Å². The summed E-state index contributed by atoms with van der Waals surface area (Å²) in [6.07, 6.45) is 4.59. The summed E-state index contributed by atoms with van der Waals surface area (Å²) < 4.78 is 1.48. The van der Waals surface area contributed by atoms with Gasteiger partial charge in [0.2, 0.25) is 0 Å². The minimum Gasteiger partial charge on any atom is -0.356 e. The van der Waals surface area contributed by atoms with E-state index in [1.165, 1.54) is 15.5 Å². The molecular weight excluding hydrogens is 350 g/mol. The highest BCUT2D eigenvalue weighted by molar-refractivity contribution is 6.06. The van der Waals surface area contributed by atoms with Crippen LogP contribution in [0.2, 0.25) is 0 Å². The summed E-state index contributed by atoms with van der Waals surface area (Å²) in [6.45, 7) is 0. The van der Waals surface area contributed by atoms with E-state index in [0.717, 1.165) is 30.5 Å². The number of benzene rings is 2. The molecule has 0 aliphatic heterocycles. The number of aromatic nitrogens is 2. The van der Waals surface area contributed by atoms with Gasteiger partial charge >= 0.3 is 0 Å². The Morgan fingerprint density at radius 1 is 1.07 bits per heavy atom. The van der Waals surface area contributed by atoms with Crippen molar-refractivity contribution >= 4 is 27.6 Å². The zero-order valence-electron chi connectivity index (χ0n) is 15.7. The van der Waals surface area contributed by atoms with Gasteiger partial charge in [0.1, 0.15) is 0 Å². The van der Waals surface area contributed by atoms with Gasteiger partial charge in [-0.1, -0.05) is 36.4 Å². The number of nitrogens with zero attached hydrogens (tertiary/aromatic N) is 1. The van der Waals surface area contributed by atoms with Crippen LogP contribution in [0.4, 0.5) is 0 Å². The Hall–Kier alpha value is -3.34. The molecule has 0 unspecified atom stereocenters. The first-order valence-corrected chi connectivity index (χ1v) is 9.62. The van der Waals surface area contributed by atoms with E-state index >= 15 is 0 Å². The minimum atomic E-state index is -0.150. The van der Waals surface area contributed by atoms with Crippen molar-refractivity contribution in [3.8, 4) is 0 Å². The number of carbonyl (C=O) groups excluding carboxylic acids is 1. The summed E-state index contributed by atoms with van der Waals surface area (Å²) >= 11 is 0. The molecule has 0 saturated carbocycles. The topological polar surface area (TPSA) is 66.9 Å². The highest BCUT2D eigenvalue weighted by Crippen LogP contribution is 2.34. The molecule has 0 saturated heterocycles. The SMILES string of the molecule is Cn1cc(C(=O)N[C@H]2CCCc3c2[nH]c2ccccc32)c2ccccc2c1=O. The van der Waals surface area contributed by atoms with Crippen LogP contribution in [0.25, 0.3) is 21.7 Å². The molecule has 4 aromatic rings. The van der Waals surface area contributed by atoms with Crippen LogP contribution in [0.15, 0.2) is 59.5 Å². The maximum atomic E-state index is 13.2. The first-order chi connectivity index (χ1) is 13.6. The van der Waals surface area contributed by atoms with E-state index in [1.54, 1.807) is 19.3 Å². The molecule has 2 aromatic heterocycles. The number of H-pyrrole nitrogens is 1. The molecule has 0 fully saturated rings. The summed E-state index contributed by atoms with van der Waals surface area (Å²) in [5.41, 5.74) is 3.96. The maximum absolute atomic E-state index is 13.2.